The number of hydrogen-bond acceptors (Lipinski definition) is 5. The average Bonchev–Trinajstić information content (AvgIpc) is 2.71. The molecule has 2 heterocycles. The highest BCUT2D eigenvalue weighted by molar-refractivity contribution is 5.50. The molecule has 0 atom stereocenters. The van der Waals surface area contributed by atoms with Crippen LogP contribution in [0.2, 0.25) is 0 Å². The van der Waals surface area contributed by atoms with E-state index in [1.54, 1.807) is 6.07 Å². The highest BCUT2D eigenvalue weighted by Gasteiger charge is 2.13. The van der Waals surface area contributed by atoms with Crippen LogP contribution in [0.5, 0.6) is 0 Å². The van der Waals surface area contributed by atoms with Gasteiger partial charge in [-0.25, -0.2) is 9.97 Å². The molecule has 5 nitrogen and oxygen atoms in total. The minimum Gasteiger partial charge on any atom is -0.356 e. The van der Waals surface area contributed by atoms with Crippen molar-refractivity contribution >= 4 is 11.6 Å². The maximum Gasteiger partial charge on any atom is 0.182 e. The Balaban J connectivity index is 2.17. The first-order chi connectivity index (χ1) is 6.90. The standard InChI is InChI=1S/C9H11N5/c10-6-11-8-5-9(13-7-12-8)14-3-1-2-4-14/h5,7H,1-4H2,(H,11,12,13). The summed E-state index contributed by atoms with van der Waals surface area (Å²) in [5, 5.41) is 10.9. The molecule has 5 heteroatoms. The minimum atomic E-state index is 0.560. The van der Waals surface area contributed by atoms with E-state index >= 15 is 0 Å². The second-order valence-corrected chi connectivity index (χ2v) is 3.19. The molecule has 1 aromatic heterocycles. The molecule has 1 saturated heterocycles. The van der Waals surface area contributed by atoms with Crippen LogP contribution in [0, 0.1) is 11.5 Å². The fraction of sp³-hybridized carbons (Fsp3) is 0.444. The predicted octanol–water partition coefficient (Wildman–Crippen LogP) is 0.970. The second-order valence-electron chi connectivity index (χ2n) is 3.19. The molecular weight excluding hydrogens is 178 g/mol. The van der Waals surface area contributed by atoms with Crippen molar-refractivity contribution in [3.63, 3.8) is 0 Å². The van der Waals surface area contributed by atoms with Crippen LogP contribution in [0.4, 0.5) is 11.6 Å². The molecule has 0 spiro atoms. The van der Waals surface area contributed by atoms with Gasteiger partial charge in [0.15, 0.2) is 6.19 Å². The molecule has 2 rings (SSSR count). The number of aromatic nitrogens is 2. The van der Waals surface area contributed by atoms with Gasteiger partial charge in [0.05, 0.1) is 0 Å². The summed E-state index contributed by atoms with van der Waals surface area (Å²) < 4.78 is 0. The smallest absolute Gasteiger partial charge is 0.182 e. The van der Waals surface area contributed by atoms with Crippen LogP contribution in [0.1, 0.15) is 12.8 Å². The van der Waals surface area contributed by atoms with Crippen molar-refractivity contribution in [3.05, 3.63) is 12.4 Å². The van der Waals surface area contributed by atoms with Gasteiger partial charge in [0, 0.05) is 19.2 Å². The maximum absolute atomic E-state index is 8.44. The van der Waals surface area contributed by atoms with Crippen LogP contribution in [-0.4, -0.2) is 23.1 Å². The Hall–Kier alpha value is -1.83. The number of nitriles is 1. The molecule has 0 unspecified atom stereocenters. The topological polar surface area (TPSA) is 64.8 Å². The van der Waals surface area contributed by atoms with Gasteiger partial charge in [-0.1, -0.05) is 0 Å². The Bertz CT molecular complexity index is 350. The summed E-state index contributed by atoms with van der Waals surface area (Å²) in [4.78, 5) is 10.3. The molecule has 1 aromatic rings. The summed E-state index contributed by atoms with van der Waals surface area (Å²) in [5.74, 6) is 1.46. The van der Waals surface area contributed by atoms with Crippen molar-refractivity contribution in [1.82, 2.24) is 9.97 Å². The maximum atomic E-state index is 8.44. The number of hydrogen-bond donors (Lipinski definition) is 1. The highest BCUT2D eigenvalue weighted by atomic mass is 15.2. The Morgan fingerprint density at radius 2 is 2.14 bits per heavy atom. The van der Waals surface area contributed by atoms with E-state index in [2.05, 4.69) is 20.2 Å². The molecule has 1 fully saturated rings. The summed E-state index contributed by atoms with van der Waals surface area (Å²) in [6.07, 6.45) is 5.75. The lowest BCUT2D eigenvalue weighted by Crippen LogP contribution is -2.19. The van der Waals surface area contributed by atoms with E-state index in [1.807, 2.05) is 6.19 Å². The van der Waals surface area contributed by atoms with Crippen LogP contribution < -0.4 is 10.2 Å². The largest absolute Gasteiger partial charge is 0.356 e. The van der Waals surface area contributed by atoms with Crippen LogP contribution in [-0.2, 0) is 0 Å². The van der Waals surface area contributed by atoms with Crippen LogP contribution in [0.25, 0.3) is 0 Å². The van der Waals surface area contributed by atoms with Crippen molar-refractivity contribution in [3.8, 4) is 6.19 Å². The lowest BCUT2D eigenvalue weighted by molar-refractivity contribution is 0.928. The van der Waals surface area contributed by atoms with E-state index in [4.69, 9.17) is 5.26 Å². The normalized spacial score (nSPS) is 15.2. The second kappa shape index (κ2) is 3.92. The molecule has 0 bridgehead atoms. The van der Waals surface area contributed by atoms with Gasteiger partial charge in [-0.15, -0.1) is 0 Å². The average molecular weight is 189 g/mol. The van der Waals surface area contributed by atoms with Crippen molar-refractivity contribution in [2.45, 2.75) is 12.8 Å². The molecule has 0 amide bonds. The zero-order chi connectivity index (χ0) is 9.80. The van der Waals surface area contributed by atoms with Gasteiger partial charge < -0.3 is 4.90 Å². The van der Waals surface area contributed by atoms with Crippen LogP contribution in [0.15, 0.2) is 12.4 Å². The summed E-state index contributed by atoms with van der Waals surface area (Å²) in [6, 6.07) is 1.80. The fourth-order valence-corrected chi connectivity index (χ4v) is 1.59. The van der Waals surface area contributed by atoms with E-state index in [9.17, 15) is 0 Å². The van der Waals surface area contributed by atoms with Gasteiger partial charge >= 0.3 is 0 Å². The van der Waals surface area contributed by atoms with Crippen molar-refractivity contribution < 1.29 is 0 Å². The Kier molecular flexibility index (Phi) is 2.45. The van der Waals surface area contributed by atoms with E-state index in [-0.39, 0.29) is 0 Å². The molecule has 1 aliphatic heterocycles. The lowest BCUT2D eigenvalue weighted by atomic mass is 10.4. The molecule has 0 radical (unpaired) electrons. The first-order valence-electron chi connectivity index (χ1n) is 4.62. The van der Waals surface area contributed by atoms with Gasteiger partial charge in [0.1, 0.15) is 18.0 Å². The molecule has 0 saturated carbocycles. The van der Waals surface area contributed by atoms with E-state index in [1.165, 1.54) is 19.2 Å². The zero-order valence-electron chi connectivity index (χ0n) is 7.77. The quantitative estimate of drug-likeness (QED) is 0.554. The third kappa shape index (κ3) is 1.74. The molecule has 14 heavy (non-hydrogen) atoms. The summed E-state index contributed by atoms with van der Waals surface area (Å²) in [6.45, 7) is 2.09. The Labute approximate surface area is 82.4 Å². The molecule has 1 aliphatic rings. The Morgan fingerprint density at radius 1 is 1.36 bits per heavy atom. The Morgan fingerprint density at radius 3 is 2.86 bits per heavy atom. The fourth-order valence-electron chi connectivity index (χ4n) is 1.59. The van der Waals surface area contributed by atoms with Crippen LogP contribution in [0.3, 0.4) is 0 Å². The summed E-state index contributed by atoms with van der Waals surface area (Å²) >= 11 is 0. The van der Waals surface area contributed by atoms with Crippen molar-refractivity contribution in [2.75, 3.05) is 23.3 Å². The summed E-state index contributed by atoms with van der Waals surface area (Å²) in [7, 11) is 0. The zero-order valence-corrected chi connectivity index (χ0v) is 7.77. The van der Waals surface area contributed by atoms with Gasteiger partial charge in [-0.05, 0) is 12.8 Å². The van der Waals surface area contributed by atoms with Gasteiger partial charge in [0.2, 0.25) is 0 Å². The highest BCUT2D eigenvalue weighted by Crippen LogP contribution is 2.18. The van der Waals surface area contributed by atoms with Crippen molar-refractivity contribution in [1.29, 1.82) is 5.26 Å². The third-order valence-electron chi connectivity index (χ3n) is 2.27. The van der Waals surface area contributed by atoms with Gasteiger partial charge in [-0.2, -0.15) is 5.26 Å². The molecule has 0 aromatic carbocycles. The number of rotatable bonds is 2. The van der Waals surface area contributed by atoms with Crippen molar-refractivity contribution in [2.24, 2.45) is 0 Å². The van der Waals surface area contributed by atoms with Crippen LogP contribution >= 0.6 is 0 Å². The SMILES string of the molecule is N#CNc1cc(N2CCCC2)ncn1. The predicted molar refractivity (Wildman–Crippen MR) is 52.7 cm³/mol. The number of nitrogens with one attached hydrogen (secondary N) is 1. The first-order valence-corrected chi connectivity index (χ1v) is 4.62. The molecule has 0 aliphatic carbocycles. The lowest BCUT2D eigenvalue weighted by Gasteiger charge is -2.15. The van der Waals surface area contributed by atoms with E-state index < -0.39 is 0 Å². The third-order valence-corrected chi connectivity index (χ3v) is 2.27. The number of anilines is 2. The van der Waals surface area contributed by atoms with E-state index in [0.717, 1.165) is 18.9 Å². The first kappa shape index (κ1) is 8.75. The monoisotopic (exact) mass is 189 g/mol. The number of nitrogens with zero attached hydrogens (tertiary/aromatic N) is 4. The molecule has 72 valence electrons. The molecule has 1 N–H and O–H groups in total. The van der Waals surface area contributed by atoms with Gasteiger partial charge in [0.25, 0.3) is 0 Å². The van der Waals surface area contributed by atoms with Gasteiger partial charge in [-0.3, -0.25) is 5.32 Å². The summed E-state index contributed by atoms with van der Waals surface area (Å²) in [5.41, 5.74) is 0. The van der Waals surface area contributed by atoms with E-state index in [0.29, 0.717) is 5.82 Å². The minimum absolute atomic E-state index is 0.560. The molecular formula is C9H11N5.